The first kappa shape index (κ1) is 12.8. The van der Waals surface area contributed by atoms with Crippen molar-refractivity contribution < 1.29 is 4.74 Å². The van der Waals surface area contributed by atoms with E-state index in [9.17, 15) is 0 Å². The van der Waals surface area contributed by atoms with E-state index in [1.54, 1.807) is 5.57 Å². The molecule has 0 bridgehead atoms. The van der Waals surface area contributed by atoms with Crippen molar-refractivity contribution in [3.8, 4) is 0 Å². The molecule has 1 nitrogen and oxygen atoms in total. The van der Waals surface area contributed by atoms with Gasteiger partial charge in [0.1, 0.15) is 0 Å². The van der Waals surface area contributed by atoms with E-state index < -0.39 is 0 Å². The van der Waals surface area contributed by atoms with Gasteiger partial charge in [-0.3, -0.25) is 0 Å². The van der Waals surface area contributed by atoms with Gasteiger partial charge in [-0.05, 0) is 28.4 Å². The summed E-state index contributed by atoms with van der Waals surface area (Å²) < 4.78 is 5.95. The molecule has 0 saturated carbocycles. The summed E-state index contributed by atoms with van der Waals surface area (Å²) in [6.45, 7) is 16.8. The summed E-state index contributed by atoms with van der Waals surface area (Å²) in [6.07, 6.45) is 0.347. The van der Waals surface area contributed by atoms with Crippen LogP contribution in [0.15, 0.2) is 11.1 Å². The van der Waals surface area contributed by atoms with Crippen LogP contribution >= 0.6 is 0 Å². The van der Waals surface area contributed by atoms with Crippen molar-refractivity contribution in [2.75, 3.05) is 6.61 Å². The van der Waals surface area contributed by atoms with Gasteiger partial charge in [0, 0.05) is 0 Å². The number of ether oxygens (including phenoxy) is 1. The third kappa shape index (κ3) is 2.63. The van der Waals surface area contributed by atoms with Gasteiger partial charge in [-0.15, -0.1) is 0 Å². The van der Waals surface area contributed by atoms with E-state index in [2.05, 4.69) is 48.5 Å². The van der Waals surface area contributed by atoms with Gasteiger partial charge in [-0.1, -0.05) is 48.5 Å². The summed E-state index contributed by atoms with van der Waals surface area (Å²) in [4.78, 5) is 0. The lowest BCUT2D eigenvalue weighted by atomic mass is 9.79. The zero-order valence-electron chi connectivity index (χ0n) is 11.3. The molecule has 0 fully saturated rings. The second kappa shape index (κ2) is 4.29. The monoisotopic (exact) mass is 210 g/mol. The van der Waals surface area contributed by atoms with Gasteiger partial charge >= 0.3 is 0 Å². The Morgan fingerprint density at radius 1 is 1.13 bits per heavy atom. The lowest BCUT2D eigenvalue weighted by molar-refractivity contribution is 0.0781. The molecule has 0 saturated heterocycles. The number of hydrogen-bond donors (Lipinski definition) is 0. The summed E-state index contributed by atoms with van der Waals surface area (Å²) in [6, 6.07) is 0. The van der Waals surface area contributed by atoms with E-state index in [4.69, 9.17) is 4.74 Å². The standard InChI is InChI=1S/C14H26O/c1-9(2)12-11(14(5,6)7)8-15-13(12)10(3)4/h9-10,13H,8H2,1-7H3. The van der Waals surface area contributed by atoms with Crippen LogP contribution in [0, 0.1) is 17.3 Å². The van der Waals surface area contributed by atoms with E-state index in [1.807, 2.05) is 0 Å². The largest absolute Gasteiger partial charge is 0.369 e. The predicted molar refractivity (Wildman–Crippen MR) is 65.9 cm³/mol. The van der Waals surface area contributed by atoms with Crippen LogP contribution in [0.1, 0.15) is 48.5 Å². The molecule has 1 unspecified atom stereocenters. The first-order valence-corrected chi connectivity index (χ1v) is 6.10. The third-order valence-corrected chi connectivity index (χ3v) is 3.20. The molecule has 0 aromatic carbocycles. The second-order valence-corrected chi connectivity index (χ2v) is 6.31. The quantitative estimate of drug-likeness (QED) is 0.625. The highest BCUT2D eigenvalue weighted by Crippen LogP contribution is 2.40. The van der Waals surface area contributed by atoms with Gasteiger partial charge in [0.2, 0.25) is 0 Å². The minimum absolute atomic E-state index is 0.253. The minimum atomic E-state index is 0.253. The van der Waals surface area contributed by atoms with Gasteiger partial charge in [-0.25, -0.2) is 0 Å². The predicted octanol–water partition coefficient (Wildman–Crippen LogP) is 4.04. The Labute approximate surface area is 94.9 Å². The molecule has 0 radical (unpaired) electrons. The SMILES string of the molecule is CC(C)C1=C(C(C)(C)C)COC1C(C)C. The van der Waals surface area contributed by atoms with E-state index in [0.29, 0.717) is 17.9 Å². The van der Waals surface area contributed by atoms with E-state index in [-0.39, 0.29) is 5.41 Å². The highest BCUT2D eigenvalue weighted by molar-refractivity contribution is 5.29. The van der Waals surface area contributed by atoms with Crippen molar-refractivity contribution in [1.29, 1.82) is 0 Å². The summed E-state index contributed by atoms with van der Waals surface area (Å²) in [5, 5.41) is 0. The van der Waals surface area contributed by atoms with Crippen molar-refractivity contribution in [3.63, 3.8) is 0 Å². The molecule has 0 N–H and O–H groups in total. The van der Waals surface area contributed by atoms with Gasteiger partial charge in [-0.2, -0.15) is 0 Å². The van der Waals surface area contributed by atoms with E-state index in [1.165, 1.54) is 5.57 Å². The normalized spacial score (nSPS) is 23.4. The fourth-order valence-electron chi connectivity index (χ4n) is 2.40. The summed E-state index contributed by atoms with van der Waals surface area (Å²) in [5.74, 6) is 1.19. The molecule has 0 amide bonds. The molecular weight excluding hydrogens is 184 g/mol. The molecule has 1 heteroatoms. The topological polar surface area (TPSA) is 9.23 Å². The van der Waals surface area contributed by atoms with Crippen LogP contribution in [-0.4, -0.2) is 12.7 Å². The lowest BCUT2D eigenvalue weighted by Gasteiger charge is -2.25. The third-order valence-electron chi connectivity index (χ3n) is 3.20. The molecular formula is C14H26O. The van der Waals surface area contributed by atoms with Crippen LogP contribution in [0.4, 0.5) is 0 Å². The summed E-state index contributed by atoms with van der Waals surface area (Å²) >= 11 is 0. The van der Waals surface area contributed by atoms with Crippen LogP contribution in [0.3, 0.4) is 0 Å². The fraction of sp³-hybridized carbons (Fsp3) is 0.857. The zero-order valence-corrected chi connectivity index (χ0v) is 11.3. The summed E-state index contributed by atoms with van der Waals surface area (Å²) in [5.41, 5.74) is 3.33. The van der Waals surface area contributed by atoms with Crippen molar-refractivity contribution in [3.05, 3.63) is 11.1 Å². The van der Waals surface area contributed by atoms with Crippen LogP contribution in [0.2, 0.25) is 0 Å². The second-order valence-electron chi connectivity index (χ2n) is 6.31. The van der Waals surface area contributed by atoms with Crippen LogP contribution in [-0.2, 0) is 4.74 Å². The van der Waals surface area contributed by atoms with Gasteiger partial charge in [0.25, 0.3) is 0 Å². The maximum Gasteiger partial charge on any atom is 0.0818 e. The molecule has 0 aromatic heterocycles. The Hall–Kier alpha value is -0.300. The molecule has 1 rings (SSSR count). The molecule has 0 aliphatic carbocycles. The molecule has 15 heavy (non-hydrogen) atoms. The van der Waals surface area contributed by atoms with Gasteiger partial charge in [0.15, 0.2) is 0 Å². The summed E-state index contributed by atoms with van der Waals surface area (Å²) in [7, 11) is 0. The highest BCUT2D eigenvalue weighted by Gasteiger charge is 2.35. The molecule has 1 atom stereocenters. The average molecular weight is 210 g/mol. The van der Waals surface area contributed by atoms with Crippen LogP contribution in [0.25, 0.3) is 0 Å². The molecule has 88 valence electrons. The molecule has 0 aromatic rings. The first-order valence-electron chi connectivity index (χ1n) is 6.10. The van der Waals surface area contributed by atoms with Crippen LogP contribution < -0.4 is 0 Å². The Kier molecular flexibility index (Phi) is 3.65. The van der Waals surface area contributed by atoms with E-state index in [0.717, 1.165) is 6.61 Å². The smallest absolute Gasteiger partial charge is 0.0818 e. The van der Waals surface area contributed by atoms with Gasteiger partial charge in [0.05, 0.1) is 12.7 Å². The molecule has 1 aliphatic rings. The highest BCUT2D eigenvalue weighted by atomic mass is 16.5. The Morgan fingerprint density at radius 3 is 2.00 bits per heavy atom. The fourth-order valence-corrected chi connectivity index (χ4v) is 2.40. The number of rotatable bonds is 2. The van der Waals surface area contributed by atoms with Crippen molar-refractivity contribution in [2.24, 2.45) is 17.3 Å². The Bertz CT molecular complexity index is 253. The Morgan fingerprint density at radius 2 is 1.67 bits per heavy atom. The lowest BCUT2D eigenvalue weighted by Crippen LogP contribution is -2.21. The van der Waals surface area contributed by atoms with Crippen molar-refractivity contribution in [2.45, 2.75) is 54.6 Å². The molecule has 1 heterocycles. The average Bonchev–Trinajstić information content (AvgIpc) is 2.45. The zero-order chi connectivity index (χ0) is 11.8. The van der Waals surface area contributed by atoms with Crippen molar-refractivity contribution >= 4 is 0 Å². The first-order chi connectivity index (χ1) is 6.75. The van der Waals surface area contributed by atoms with E-state index >= 15 is 0 Å². The van der Waals surface area contributed by atoms with Gasteiger partial charge < -0.3 is 4.74 Å². The van der Waals surface area contributed by atoms with Crippen LogP contribution in [0.5, 0.6) is 0 Å². The molecule has 1 aliphatic heterocycles. The number of hydrogen-bond acceptors (Lipinski definition) is 1. The minimum Gasteiger partial charge on any atom is -0.369 e. The molecule has 0 spiro atoms. The Balaban J connectivity index is 3.09. The maximum absolute atomic E-state index is 5.95. The van der Waals surface area contributed by atoms with Crippen molar-refractivity contribution in [1.82, 2.24) is 0 Å². The maximum atomic E-state index is 5.95.